The minimum absolute atomic E-state index is 0.751. The summed E-state index contributed by atoms with van der Waals surface area (Å²) in [4.78, 5) is 2.00. The van der Waals surface area contributed by atoms with Crippen molar-refractivity contribution in [3.63, 3.8) is 0 Å². The van der Waals surface area contributed by atoms with Crippen LogP contribution in [-0.2, 0) is 0 Å². The first-order chi connectivity index (χ1) is 10.5. The topological polar surface area (TPSA) is 31.9 Å². The molecule has 2 rings (SSSR count). The molecule has 0 atom stereocenters. The molecule has 0 radical (unpaired) electrons. The summed E-state index contributed by atoms with van der Waals surface area (Å²) in [6, 6.07) is 7.95. The molecule has 1 aromatic carbocycles. The van der Waals surface area contributed by atoms with Gasteiger partial charge in [-0.1, -0.05) is 36.4 Å². The largest absolute Gasteiger partial charge is 0.351 e. The van der Waals surface area contributed by atoms with Crippen LogP contribution in [0.4, 0.5) is 0 Å². The zero-order chi connectivity index (χ0) is 16.1. The van der Waals surface area contributed by atoms with Crippen molar-refractivity contribution < 1.29 is 0 Å². The summed E-state index contributed by atoms with van der Waals surface area (Å²) in [7, 11) is 1.98. The first kappa shape index (κ1) is 16.1. The number of nitrogens with one attached hydrogen (secondary N) is 1. The van der Waals surface area contributed by atoms with Gasteiger partial charge in [-0.05, 0) is 43.7 Å². The smallest absolute Gasteiger partial charge is 0.0927 e. The van der Waals surface area contributed by atoms with E-state index in [0.717, 1.165) is 33.2 Å². The lowest BCUT2D eigenvalue weighted by Gasteiger charge is -2.14. The second-order valence-corrected chi connectivity index (χ2v) is 5.42. The van der Waals surface area contributed by atoms with Crippen LogP contribution in [0.1, 0.15) is 18.2 Å². The van der Waals surface area contributed by atoms with Crippen molar-refractivity contribution >= 4 is 17.7 Å². The molecular weight excluding hydrogens is 294 g/mol. The molecule has 1 aromatic heterocycles. The molecule has 0 aliphatic carbocycles. The highest BCUT2D eigenvalue weighted by Crippen LogP contribution is 2.24. The van der Waals surface area contributed by atoms with E-state index in [2.05, 4.69) is 16.8 Å². The number of hydrogen-bond donors (Lipinski definition) is 1. The third kappa shape index (κ3) is 3.68. The second-order valence-electron chi connectivity index (χ2n) is 5.02. The molecule has 0 amide bonds. The number of rotatable bonds is 5. The number of aromatic amines is 1. The Balaban J connectivity index is 2.18. The van der Waals surface area contributed by atoms with E-state index in [-0.39, 0.29) is 0 Å². The number of aryl methyl sites for hydroxylation is 1. The van der Waals surface area contributed by atoms with Crippen LogP contribution in [0.5, 0.6) is 0 Å². The van der Waals surface area contributed by atoms with Crippen LogP contribution in [0.3, 0.4) is 0 Å². The van der Waals surface area contributed by atoms with Gasteiger partial charge in [0.2, 0.25) is 0 Å². The van der Waals surface area contributed by atoms with Gasteiger partial charge in [0.1, 0.15) is 0 Å². The third-order valence-electron chi connectivity index (χ3n) is 3.46. The van der Waals surface area contributed by atoms with Crippen molar-refractivity contribution in [1.29, 1.82) is 0 Å². The normalized spacial score (nSPS) is 11.9. The minimum atomic E-state index is 0.751. The Bertz CT molecular complexity index is 726. The average Bonchev–Trinajstić information content (AvgIpc) is 2.98. The predicted octanol–water partition coefficient (Wildman–Crippen LogP) is 5.03. The quantitative estimate of drug-likeness (QED) is 0.785. The summed E-state index contributed by atoms with van der Waals surface area (Å²) >= 11 is 6.17. The molecule has 0 spiro atoms. The lowest BCUT2D eigenvalue weighted by Crippen LogP contribution is -2.07. The van der Waals surface area contributed by atoms with E-state index in [0.29, 0.717) is 0 Å². The Labute approximate surface area is 136 Å². The van der Waals surface area contributed by atoms with Crippen LogP contribution in [0, 0.1) is 6.92 Å². The predicted molar refractivity (Wildman–Crippen MR) is 94.5 cm³/mol. The fourth-order valence-electron chi connectivity index (χ4n) is 2.07. The molecule has 1 N–H and O–H groups in total. The maximum atomic E-state index is 6.17. The van der Waals surface area contributed by atoms with Crippen LogP contribution in [-0.4, -0.2) is 22.1 Å². The van der Waals surface area contributed by atoms with Gasteiger partial charge >= 0.3 is 0 Å². The summed E-state index contributed by atoms with van der Waals surface area (Å²) < 4.78 is 0. The van der Waals surface area contributed by atoms with Crippen molar-refractivity contribution in [1.82, 2.24) is 15.1 Å². The van der Waals surface area contributed by atoms with Crippen LogP contribution in [0.15, 0.2) is 54.9 Å². The molecule has 0 fully saturated rings. The summed E-state index contributed by atoms with van der Waals surface area (Å²) in [5.41, 5.74) is 4.91. The molecule has 4 heteroatoms. The maximum Gasteiger partial charge on any atom is 0.0927 e. The van der Waals surface area contributed by atoms with E-state index in [1.54, 1.807) is 0 Å². The lowest BCUT2D eigenvalue weighted by atomic mass is 10.1. The number of nitrogens with zero attached hydrogens (tertiary/aromatic N) is 2. The van der Waals surface area contributed by atoms with Crippen LogP contribution >= 0.6 is 11.6 Å². The van der Waals surface area contributed by atoms with Crippen molar-refractivity contribution in [3.8, 4) is 11.3 Å². The summed E-state index contributed by atoms with van der Waals surface area (Å²) in [5, 5.41) is 8.10. The Morgan fingerprint density at radius 1 is 1.36 bits per heavy atom. The van der Waals surface area contributed by atoms with E-state index in [1.165, 1.54) is 0 Å². The Kier molecular flexibility index (Phi) is 5.23. The SMILES string of the molecule is C=C/C(=C\C)N(C)/C=C/c1cc(-c2ccc(C)c(Cl)c2)n[nH]1. The summed E-state index contributed by atoms with van der Waals surface area (Å²) in [6.07, 6.45) is 7.76. The van der Waals surface area contributed by atoms with Gasteiger partial charge in [-0.15, -0.1) is 0 Å². The Hall–Kier alpha value is -2.26. The molecule has 0 saturated heterocycles. The first-order valence-corrected chi connectivity index (χ1v) is 7.44. The van der Waals surface area contributed by atoms with Crippen molar-refractivity contribution in [3.05, 3.63) is 71.2 Å². The van der Waals surface area contributed by atoms with Gasteiger partial charge in [0, 0.05) is 29.5 Å². The van der Waals surface area contributed by atoms with E-state index >= 15 is 0 Å². The van der Waals surface area contributed by atoms with Crippen molar-refractivity contribution in [2.45, 2.75) is 13.8 Å². The van der Waals surface area contributed by atoms with Crippen LogP contribution < -0.4 is 0 Å². The van der Waals surface area contributed by atoms with E-state index in [1.807, 2.05) is 74.5 Å². The third-order valence-corrected chi connectivity index (χ3v) is 3.86. The molecular formula is C18H20ClN3. The molecule has 0 saturated carbocycles. The van der Waals surface area contributed by atoms with Crippen molar-refractivity contribution in [2.24, 2.45) is 0 Å². The fourth-order valence-corrected chi connectivity index (χ4v) is 2.25. The molecule has 0 unspecified atom stereocenters. The molecule has 3 nitrogen and oxygen atoms in total. The average molecular weight is 314 g/mol. The van der Waals surface area contributed by atoms with Gasteiger partial charge in [-0.25, -0.2) is 0 Å². The van der Waals surface area contributed by atoms with Gasteiger partial charge in [0.25, 0.3) is 0 Å². The highest BCUT2D eigenvalue weighted by atomic mass is 35.5. The standard InChI is InChI=1S/C18H20ClN3/c1-5-16(6-2)22(4)10-9-15-12-18(21-20-15)14-8-7-13(3)17(19)11-14/h5-12H,1H2,2-4H3,(H,20,21)/b10-9+,16-6+. The van der Waals surface area contributed by atoms with Gasteiger partial charge in [0.15, 0.2) is 0 Å². The number of aromatic nitrogens is 2. The van der Waals surface area contributed by atoms with Crippen molar-refractivity contribution in [2.75, 3.05) is 7.05 Å². The highest BCUT2D eigenvalue weighted by molar-refractivity contribution is 6.31. The minimum Gasteiger partial charge on any atom is -0.351 e. The van der Waals surface area contributed by atoms with E-state index in [4.69, 9.17) is 11.6 Å². The molecule has 114 valence electrons. The summed E-state index contributed by atoms with van der Waals surface area (Å²) in [6.45, 7) is 7.76. The zero-order valence-electron chi connectivity index (χ0n) is 13.1. The van der Waals surface area contributed by atoms with Gasteiger partial charge in [-0.2, -0.15) is 5.10 Å². The number of hydrogen-bond acceptors (Lipinski definition) is 2. The van der Waals surface area contributed by atoms with Gasteiger partial charge < -0.3 is 4.90 Å². The number of allylic oxidation sites excluding steroid dienone is 2. The zero-order valence-corrected chi connectivity index (χ0v) is 13.9. The first-order valence-electron chi connectivity index (χ1n) is 7.07. The lowest BCUT2D eigenvalue weighted by molar-refractivity contribution is 0.591. The summed E-state index contributed by atoms with van der Waals surface area (Å²) in [5.74, 6) is 0. The maximum absolute atomic E-state index is 6.17. The Morgan fingerprint density at radius 2 is 2.14 bits per heavy atom. The number of H-pyrrole nitrogens is 1. The molecule has 0 aliphatic rings. The number of halogens is 1. The Morgan fingerprint density at radius 3 is 2.77 bits per heavy atom. The number of likely N-dealkylation sites (N-methyl/N-ethyl adjacent to an activating group) is 1. The molecule has 0 aliphatic heterocycles. The highest BCUT2D eigenvalue weighted by Gasteiger charge is 2.05. The fraction of sp³-hybridized carbons (Fsp3) is 0.167. The molecule has 1 heterocycles. The van der Waals surface area contributed by atoms with E-state index < -0.39 is 0 Å². The van der Waals surface area contributed by atoms with Crippen LogP contribution in [0.25, 0.3) is 17.3 Å². The second kappa shape index (κ2) is 7.14. The molecule has 2 aromatic rings. The monoisotopic (exact) mass is 313 g/mol. The van der Waals surface area contributed by atoms with Gasteiger partial charge in [-0.3, -0.25) is 5.10 Å². The van der Waals surface area contributed by atoms with Gasteiger partial charge in [0.05, 0.1) is 11.4 Å². The van der Waals surface area contributed by atoms with E-state index in [9.17, 15) is 0 Å². The number of benzene rings is 1. The molecule has 22 heavy (non-hydrogen) atoms. The van der Waals surface area contributed by atoms with Crippen LogP contribution in [0.2, 0.25) is 5.02 Å². The molecule has 0 bridgehead atoms.